The molecule has 0 aliphatic heterocycles. The molecule has 1 saturated carbocycles. The van der Waals surface area contributed by atoms with Crippen LogP contribution in [0, 0.1) is 12.8 Å². The van der Waals surface area contributed by atoms with E-state index < -0.39 is 5.41 Å². The number of nitrogens with two attached hydrogens (primary N) is 1. The molecule has 0 bridgehead atoms. The van der Waals surface area contributed by atoms with Crippen LogP contribution in [-0.2, 0) is 16.8 Å². The lowest BCUT2D eigenvalue weighted by Crippen LogP contribution is -2.47. The number of rotatable bonds is 8. The standard InChI is InChI=1S/C31H31N3O2/c1-23-33(22-29(35)24-11-5-2-6-12-24)19-20-34(23)28-18-17-27(21-28)31(30(32)36,25-13-7-3-8-14-25)26-15-9-4-10-16-26/h2-16,19-20,27-28H,17-18,21-22H2,1H3,(H-,32,36)/p+1/t27-,28-/m0/s1. The van der Waals surface area contributed by atoms with E-state index in [0.717, 1.165) is 41.8 Å². The van der Waals surface area contributed by atoms with Crippen LogP contribution in [0.15, 0.2) is 103 Å². The zero-order valence-corrected chi connectivity index (χ0v) is 20.6. The summed E-state index contributed by atoms with van der Waals surface area (Å²) in [7, 11) is 0. The van der Waals surface area contributed by atoms with Crippen molar-refractivity contribution in [3.63, 3.8) is 0 Å². The second kappa shape index (κ2) is 9.94. The summed E-state index contributed by atoms with van der Waals surface area (Å²) in [5.41, 5.74) is 7.98. The lowest BCUT2D eigenvalue weighted by molar-refractivity contribution is -0.689. The van der Waals surface area contributed by atoms with Crippen molar-refractivity contribution in [3.8, 4) is 0 Å². The van der Waals surface area contributed by atoms with Gasteiger partial charge in [0.2, 0.25) is 11.7 Å². The number of imidazole rings is 1. The average Bonchev–Trinajstić information content (AvgIpc) is 3.53. The Hall–Kier alpha value is -3.99. The smallest absolute Gasteiger partial charge is 0.253 e. The highest BCUT2D eigenvalue weighted by Crippen LogP contribution is 2.49. The molecule has 1 amide bonds. The minimum atomic E-state index is -0.891. The van der Waals surface area contributed by atoms with E-state index in [9.17, 15) is 9.59 Å². The molecule has 1 heterocycles. The third-order valence-electron chi connectivity index (χ3n) is 7.86. The molecule has 1 fully saturated rings. The third kappa shape index (κ3) is 4.15. The van der Waals surface area contributed by atoms with Gasteiger partial charge in [-0.15, -0.1) is 0 Å². The van der Waals surface area contributed by atoms with E-state index in [1.807, 2.05) is 102 Å². The van der Waals surface area contributed by atoms with Crippen LogP contribution in [0.25, 0.3) is 0 Å². The summed E-state index contributed by atoms with van der Waals surface area (Å²) in [4.78, 5) is 26.1. The first-order valence-electron chi connectivity index (χ1n) is 12.6. The molecule has 0 saturated heterocycles. The summed E-state index contributed by atoms with van der Waals surface area (Å²) in [6, 6.07) is 29.6. The molecule has 36 heavy (non-hydrogen) atoms. The van der Waals surface area contributed by atoms with Crippen LogP contribution >= 0.6 is 0 Å². The fourth-order valence-electron chi connectivity index (χ4n) is 6.07. The third-order valence-corrected chi connectivity index (χ3v) is 7.86. The van der Waals surface area contributed by atoms with Crippen molar-refractivity contribution in [3.05, 3.63) is 126 Å². The number of nitrogens with zero attached hydrogens (tertiary/aromatic N) is 2. The number of amides is 1. The van der Waals surface area contributed by atoms with Gasteiger partial charge in [0, 0.05) is 12.5 Å². The predicted octanol–water partition coefficient (Wildman–Crippen LogP) is 4.78. The van der Waals surface area contributed by atoms with Crippen molar-refractivity contribution in [2.75, 3.05) is 0 Å². The monoisotopic (exact) mass is 478 g/mol. The first-order valence-corrected chi connectivity index (χ1v) is 12.6. The molecule has 3 aromatic carbocycles. The Morgan fingerprint density at radius 3 is 2.00 bits per heavy atom. The molecule has 4 aromatic rings. The molecular weight excluding hydrogens is 446 g/mol. The first kappa shape index (κ1) is 23.7. The van der Waals surface area contributed by atoms with E-state index in [-0.39, 0.29) is 23.7 Å². The van der Waals surface area contributed by atoms with Crippen LogP contribution in [0.5, 0.6) is 0 Å². The summed E-state index contributed by atoms with van der Waals surface area (Å²) in [5.74, 6) is 0.880. The van der Waals surface area contributed by atoms with Gasteiger partial charge in [-0.3, -0.25) is 9.59 Å². The molecule has 0 radical (unpaired) electrons. The van der Waals surface area contributed by atoms with Crippen molar-refractivity contribution in [2.24, 2.45) is 11.7 Å². The van der Waals surface area contributed by atoms with Crippen LogP contribution in [-0.4, -0.2) is 16.3 Å². The van der Waals surface area contributed by atoms with E-state index in [4.69, 9.17) is 5.73 Å². The molecule has 2 atom stereocenters. The Kier molecular flexibility index (Phi) is 6.55. The number of benzene rings is 3. The van der Waals surface area contributed by atoms with Crippen LogP contribution in [0.3, 0.4) is 0 Å². The van der Waals surface area contributed by atoms with Gasteiger partial charge in [-0.1, -0.05) is 91.0 Å². The normalized spacial score (nSPS) is 17.7. The molecule has 0 unspecified atom stereocenters. The maximum absolute atomic E-state index is 13.4. The zero-order chi connectivity index (χ0) is 25.1. The minimum Gasteiger partial charge on any atom is -0.369 e. The molecular formula is C31H32N3O2+. The number of carbonyl (C=O) groups is 2. The summed E-state index contributed by atoms with van der Waals surface area (Å²) >= 11 is 0. The molecule has 5 heteroatoms. The highest BCUT2D eigenvalue weighted by Gasteiger charge is 2.51. The van der Waals surface area contributed by atoms with Gasteiger partial charge in [0.05, 0.1) is 0 Å². The summed E-state index contributed by atoms with van der Waals surface area (Å²) in [6.07, 6.45) is 6.71. The van der Waals surface area contributed by atoms with Crippen LogP contribution in [0.2, 0.25) is 0 Å². The number of Topliss-reactive ketones (excluding diaryl/α,β-unsaturated/α-hetero) is 1. The van der Waals surface area contributed by atoms with Crippen molar-refractivity contribution < 1.29 is 14.2 Å². The lowest BCUT2D eigenvalue weighted by atomic mass is 9.64. The van der Waals surface area contributed by atoms with Gasteiger partial charge < -0.3 is 5.73 Å². The summed E-state index contributed by atoms with van der Waals surface area (Å²) < 4.78 is 4.28. The van der Waals surface area contributed by atoms with Crippen molar-refractivity contribution >= 4 is 11.7 Å². The SMILES string of the molecule is Cc1n([C@H]2CC[C@H](C(C(N)=O)(c3ccccc3)c3ccccc3)C2)cc[n+]1CC(=O)c1ccccc1. The number of ketones is 1. The summed E-state index contributed by atoms with van der Waals surface area (Å²) in [6.45, 7) is 2.36. The molecule has 5 nitrogen and oxygen atoms in total. The molecule has 1 aliphatic rings. The minimum absolute atomic E-state index is 0.0611. The van der Waals surface area contributed by atoms with Gasteiger partial charge in [-0.2, -0.15) is 0 Å². The zero-order valence-electron chi connectivity index (χ0n) is 20.6. The molecule has 0 spiro atoms. The van der Waals surface area contributed by atoms with Crippen LogP contribution < -0.4 is 10.3 Å². The average molecular weight is 479 g/mol. The maximum Gasteiger partial charge on any atom is 0.253 e. The predicted molar refractivity (Wildman–Crippen MR) is 139 cm³/mol. The second-order valence-corrected chi connectivity index (χ2v) is 9.74. The van der Waals surface area contributed by atoms with Gasteiger partial charge in [0.1, 0.15) is 23.9 Å². The van der Waals surface area contributed by atoms with Crippen LogP contribution in [0.1, 0.15) is 52.6 Å². The number of aromatic nitrogens is 2. The Morgan fingerprint density at radius 1 is 0.889 bits per heavy atom. The Balaban J connectivity index is 1.45. The first-order chi connectivity index (χ1) is 17.5. The Labute approximate surface area is 212 Å². The van der Waals surface area contributed by atoms with Crippen molar-refractivity contribution in [1.82, 2.24) is 4.57 Å². The number of carbonyl (C=O) groups excluding carboxylic acids is 2. The highest BCUT2D eigenvalue weighted by atomic mass is 16.1. The van der Waals surface area contributed by atoms with Crippen molar-refractivity contribution in [1.29, 1.82) is 0 Å². The molecule has 1 aliphatic carbocycles. The van der Waals surface area contributed by atoms with Gasteiger partial charge in [-0.25, -0.2) is 9.13 Å². The number of primary amides is 1. The lowest BCUT2D eigenvalue weighted by Gasteiger charge is -2.37. The van der Waals surface area contributed by atoms with Gasteiger partial charge in [-0.05, 0) is 36.3 Å². The molecule has 182 valence electrons. The number of hydrogen-bond acceptors (Lipinski definition) is 2. The maximum atomic E-state index is 13.4. The van der Waals surface area contributed by atoms with Gasteiger partial charge >= 0.3 is 0 Å². The van der Waals surface area contributed by atoms with Gasteiger partial charge in [0.25, 0.3) is 5.82 Å². The quantitative estimate of drug-likeness (QED) is 0.293. The molecule has 5 rings (SSSR count). The Bertz CT molecular complexity index is 1310. The van der Waals surface area contributed by atoms with Crippen LogP contribution in [0.4, 0.5) is 0 Å². The molecule has 2 N–H and O–H groups in total. The fraction of sp³-hybridized carbons (Fsp3) is 0.258. The topological polar surface area (TPSA) is 69.0 Å². The van der Waals surface area contributed by atoms with E-state index in [2.05, 4.69) is 17.7 Å². The van der Waals surface area contributed by atoms with E-state index >= 15 is 0 Å². The van der Waals surface area contributed by atoms with E-state index in [1.165, 1.54) is 0 Å². The van der Waals surface area contributed by atoms with E-state index in [1.54, 1.807) is 0 Å². The molecule has 1 aromatic heterocycles. The highest BCUT2D eigenvalue weighted by molar-refractivity contribution is 5.95. The van der Waals surface area contributed by atoms with Gasteiger partial charge in [0.15, 0.2) is 6.54 Å². The van der Waals surface area contributed by atoms with E-state index in [0.29, 0.717) is 6.54 Å². The van der Waals surface area contributed by atoms with Crippen molar-refractivity contribution in [2.45, 2.75) is 44.2 Å². The second-order valence-electron chi connectivity index (χ2n) is 9.74. The Morgan fingerprint density at radius 2 is 1.44 bits per heavy atom. The largest absolute Gasteiger partial charge is 0.369 e. The number of hydrogen-bond donors (Lipinski definition) is 1. The summed E-state index contributed by atoms with van der Waals surface area (Å²) in [5, 5.41) is 0. The fourth-order valence-corrected chi connectivity index (χ4v) is 6.07.